The molecule has 1 amide bonds. The van der Waals surface area contributed by atoms with Gasteiger partial charge in [0.05, 0.1) is 6.04 Å². The van der Waals surface area contributed by atoms with Gasteiger partial charge in [0.2, 0.25) is 0 Å². The number of carbonyl (C=O) groups is 1. The van der Waals surface area contributed by atoms with Crippen molar-refractivity contribution in [3.8, 4) is 0 Å². The minimum Gasteiger partial charge on any atom is -0.354 e. The molecule has 33 heavy (non-hydrogen) atoms. The minimum atomic E-state index is 0. The largest absolute Gasteiger partial charge is 0.354 e. The second-order valence-corrected chi connectivity index (χ2v) is 8.15. The zero-order chi connectivity index (χ0) is 22.8. The van der Waals surface area contributed by atoms with Crippen LogP contribution in [0.5, 0.6) is 0 Å². The van der Waals surface area contributed by atoms with E-state index in [0.29, 0.717) is 12.6 Å². The van der Waals surface area contributed by atoms with Crippen LogP contribution in [0.15, 0.2) is 59.6 Å². The number of halogens is 1. The van der Waals surface area contributed by atoms with E-state index in [4.69, 9.17) is 0 Å². The number of carbonyl (C=O) groups excluding carboxylic acids is 1. The Morgan fingerprint density at radius 3 is 2.21 bits per heavy atom. The average molecular weight is 564 g/mol. The van der Waals surface area contributed by atoms with Crippen LogP contribution >= 0.6 is 24.0 Å². The molecule has 1 aliphatic rings. The Morgan fingerprint density at radius 2 is 1.64 bits per heavy atom. The van der Waals surface area contributed by atoms with Gasteiger partial charge in [0, 0.05) is 38.8 Å². The molecule has 2 aromatic carbocycles. The lowest BCUT2D eigenvalue weighted by Gasteiger charge is -2.29. The van der Waals surface area contributed by atoms with Gasteiger partial charge < -0.3 is 15.5 Å². The number of benzene rings is 2. The molecule has 0 bridgehead atoms. The Balaban J connectivity index is 0.00000385. The molecular formula is C26H38IN5O. The fraction of sp³-hybridized carbons (Fsp3) is 0.462. The van der Waals surface area contributed by atoms with Crippen molar-refractivity contribution in [2.24, 2.45) is 4.99 Å². The van der Waals surface area contributed by atoms with E-state index in [0.717, 1.165) is 49.8 Å². The summed E-state index contributed by atoms with van der Waals surface area (Å²) in [7, 11) is 1.80. The van der Waals surface area contributed by atoms with Crippen molar-refractivity contribution in [3.05, 3.63) is 71.3 Å². The van der Waals surface area contributed by atoms with E-state index >= 15 is 0 Å². The average Bonchev–Trinajstić information content (AvgIpc) is 3.37. The van der Waals surface area contributed by atoms with Crippen LogP contribution in [0.1, 0.15) is 54.2 Å². The maximum absolute atomic E-state index is 12.5. The summed E-state index contributed by atoms with van der Waals surface area (Å²) in [6.07, 6.45) is 2.53. The summed E-state index contributed by atoms with van der Waals surface area (Å²) < 4.78 is 0. The summed E-state index contributed by atoms with van der Waals surface area (Å²) in [4.78, 5) is 21.3. The number of nitrogens with one attached hydrogen (secondary N) is 2. The van der Waals surface area contributed by atoms with Crippen LogP contribution in [0.2, 0.25) is 0 Å². The predicted molar refractivity (Wildman–Crippen MR) is 147 cm³/mol. The molecule has 0 saturated carbocycles. The Bertz CT molecular complexity index is 862. The van der Waals surface area contributed by atoms with Crippen molar-refractivity contribution < 1.29 is 4.79 Å². The van der Waals surface area contributed by atoms with Crippen molar-refractivity contribution >= 4 is 35.8 Å². The number of rotatable bonds is 9. The zero-order valence-corrected chi connectivity index (χ0v) is 22.4. The van der Waals surface area contributed by atoms with Gasteiger partial charge in [0.25, 0.3) is 5.91 Å². The first kappa shape index (κ1) is 27.1. The van der Waals surface area contributed by atoms with E-state index in [-0.39, 0.29) is 29.9 Å². The first-order valence-electron chi connectivity index (χ1n) is 11.8. The Hall–Kier alpha value is -2.13. The number of guanidine groups is 1. The molecule has 180 valence electrons. The van der Waals surface area contributed by atoms with Crippen molar-refractivity contribution in [1.82, 2.24) is 20.4 Å². The number of likely N-dealkylation sites (tertiary alicyclic amines) is 1. The van der Waals surface area contributed by atoms with Crippen LogP contribution in [0.25, 0.3) is 0 Å². The molecule has 1 aliphatic heterocycles. The Kier molecular flexibility index (Phi) is 11.7. The molecule has 1 fully saturated rings. The van der Waals surface area contributed by atoms with Crippen LogP contribution in [-0.4, -0.2) is 61.4 Å². The highest BCUT2D eigenvalue weighted by atomic mass is 127. The second-order valence-electron chi connectivity index (χ2n) is 8.15. The third-order valence-corrected chi connectivity index (χ3v) is 6.16. The van der Waals surface area contributed by atoms with Gasteiger partial charge in [-0.2, -0.15) is 0 Å². The van der Waals surface area contributed by atoms with E-state index < -0.39 is 0 Å². The monoisotopic (exact) mass is 563 g/mol. The van der Waals surface area contributed by atoms with Crippen molar-refractivity contribution in [2.45, 2.75) is 39.3 Å². The highest BCUT2D eigenvalue weighted by Crippen LogP contribution is 2.24. The SMILES string of the molecule is CCN(CC)C(=O)c1ccc(CNC(=NC)NCC(c2ccccc2)N2CCCC2)cc1.I. The zero-order valence-electron chi connectivity index (χ0n) is 20.1. The normalized spacial score (nSPS) is 14.9. The van der Waals surface area contributed by atoms with Crippen LogP contribution in [0.3, 0.4) is 0 Å². The molecule has 6 nitrogen and oxygen atoms in total. The molecule has 1 unspecified atom stereocenters. The summed E-state index contributed by atoms with van der Waals surface area (Å²) in [6, 6.07) is 18.9. The van der Waals surface area contributed by atoms with E-state index in [2.05, 4.69) is 50.9 Å². The number of aliphatic imine (C=N–C) groups is 1. The van der Waals surface area contributed by atoms with Gasteiger partial charge in [0.1, 0.15) is 0 Å². The molecule has 2 aromatic rings. The number of nitrogens with zero attached hydrogens (tertiary/aromatic N) is 3. The van der Waals surface area contributed by atoms with E-state index in [1.807, 2.05) is 43.0 Å². The predicted octanol–water partition coefficient (Wildman–Crippen LogP) is 4.29. The molecule has 0 radical (unpaired) electrons. The quantitative estimate of drug-likeness (QED) is 0.272. The van der Waals surface area contributed by atoms with E-state index in [1.165, 1.54) is 18.4 Å². The maximum Gasteiger partial charge on any atom is 0.253 e. The molecule has 0 aromatic heterocycles. The van der Waals surface area contributed by atoms with Gasteiger partial charge >= 0.3 is 0 Å². The lowest BCUT2D eigenvalue weighted by Crippen LogP contribution is -2.42. The molecule has 1 heterocycles. The lowest BCUT2D eigenvalue weighted by atomic mass is 10.1. The van der Waals surface area contributed by atoms with Crippen LogP contribution in [-0.2, 0) is 6.54 Å². The van der Waals surface area contributed by atoms with Crippen LogP contribution in [0.4, 0.5) is 0 Å². The Labute approximate surface area is 215 Å². The molecule has 0 spiro atoms. The minimum absolute atomic E-state index is 0. The van der Waals surface area contributed by atoms with E-state index in [1.54, 1.807) is 7.05 Å². The molecule has 1 saturated heterocycles. The summed E-state index contributed by atoms with van der Waals surface area (Å²) in [5, 5.41) is 6.91. The van der Waals surface area contributed by atoms with Crippen LogP contribution < -0.4 is 10.6 Å². The van der Waals surface area contributed by atoms with Crippen molar-refractivity contribution in [3.63, 3.8) is 0 Å². The molecule has 0 aliphatic carbocycles. The second kappa shape index (κ2) is 14.2. The molecule has 3 rings (SSSR count). The van der Waals surface area contributed by atoms with Gasteiger partial charge in [-0.1, -0.05) is 42.5 Å². The highest BCUT2D eigenvalue weighted by molar-refractivity contribution is 14.0. The molecule has 1 atom stereocenters. The first-order chi connectivity index (χ1) is 15.7. The summed E-state index contributed by atoms with van der Waals surface area (Å²) in [6.45, 7) is 9.20. The maximum atomic E-state index is 12.5. The number of hydrogen-bond acceptors (Lipinski definition) is 3. The third-order valence-electron chi connectivity index (χ3n) is 6.16. The highest BCUT2D eigenvalue weighted by Gasteiger charge is 2.23. The van der Waals surface area contributed by atoms with Gasteiger partial charge in [-0.05, 0) is 63.0 Å². The van der Waals surface area contributed by atoms with Crippen molar-refractivity contribution in [2.75, 3.05) is 39.8 Å². The van der Waals surface area contributed by atoms with Gasteiger partial charge in [-0.3, -0.25) is 14.7 Å². The summed E-state index contributed by atoms with van der Waals surface area (Å²) in [5.41, 5.74) is 3.19. The third kappa shape index (κ3) is 7.71. The van der Waals surface area contributed by atoms with Crippen molar-refractivity contribution in [1.29, 1.82) is 0 Å². The number of hydrogen-bond donors (Lipinski definition) is 2. The number of amides is 1. The van der Waals surface area contributed by atoms with Gasteiger partial charge in [-0.15, -0.1) is 24.0 Å². The van der Waals surface area contributed by atoms with E-state index in [9.17, 15) is 4.79 Å². The molecule has 7 heteroatoms. The lowest BCUT2D eigenvalue weighted by molar-refractivity contribution is 0.0773. The van der Waals surface area contributed by atoms with Gasteiger partial charge in [-0.25, -0.2) is 0 Å². The topological polar surface area (TPSA) is 60.0 Å². The smallest absolute Gasteiger partial charge is 0.253 e. The fourth-order valence-corrected chi connectivity index (χ4v) is 4.24. The van der Waals surface area contributed by atoms with Gasteiger partial charge in [0.15, 0.2) is 5.96 Å². The fourth-order valence-electron chi connectivity index (χ4n) is 4.24. The standard InChI is InChI=1S/C26H37N5O.HI/c1-4-30(5-2)25(32)23-15-13-21(14-16-23)19-28-26(27-3)29-20-24(31-17-9-10-18-31)22-11-7-6-8-12-22;/h6-8,11-16,24H,4-5,9-10,17-20H2,1-3H3,(H2,27,28,29);1H. The molecular weight excluding hydrogens is 525 g/mol. The van der Waals surface area contributed by atoms with Crippen LogP contribution in [0, 0.1) is 0 Å². The molecule has 2 N–H and O–H groups in total. The first-order valence-corrected chi connectivity index (χ1v) is 11.8. The summed E-state index contributed by atoms with van der Waals surface area (Å²) in [5.74, 6) is 0.870. The summed E-state index contributed by atoms with van der Waals surface area (Å²) >= 11 is 0. The Morgan fingerprint density at radius 1 is 1.00 bits per heavy atom.